The molecule has 0 aromatic heterocycles. The fourth-order valence-electron chi connectivity index (χ4n) is 1.46. The molecule has 1 aromatic carbocycles. The molecule has 1 aromatic rings. The first-order valence-electron chi connectivity index (χ1n) is 4.97. The number of nitrogens with zero attached hydrogens (tertiary/aromatic N) is 1. The highest BCUT2D eigenvalue weighted by atomic mass is 35.5. The third-order valence-electron chi connectivity index (χ3n) is 2.07. The summed E-state index contributed by atoms with van der Waals surface area (Å²) >= 11 is 0. The van der Waals surface area contributed by atoms with E-state index in [4.69, 9.17) is 11.5 Å². The van der Waals surface area contributed by atoms with Gasteiger partial charge in [-0.15, -0.1) is 12.4 Å². The van der Waals surface area contributed by atoms with Crippen molar-refractivity contribution in [2.75, 3.05) is 19.6 Å². The summed E-state index contributed by atoms with van der Waals surface area (Å²) in [4.78, 5) is 12.8. The van der Waals surface area contributed by atoms with E-state index in [1.807, 2.05) is 35.2 Å². The average Bonchev–Trinajstić information content (AvgIpc) is 2.18. The first kappa shape index (κ1) is 14.9. The van der Waals surface area contributed by atoms with Crippen molar-refractivity contribution < 1.29 is 4.79 Å². The molecule has 4 N–H and O–H groups in total. The van der Waals surface area contributed by atoms with Gasteiger partial charge in [-0.25, -0.2) is 0 Å². The van der Waals surface area contributed by atoms with Crippen molar-refractivity contribution in [3.63, 3.8) is 0 Å². The molecule has 5 heteroatoms. The molecule has 0 saturated carbocycles. The van der Waals surface area contributed by atoms with Gasteiger partial charge in [0.1, 0.15) is 0 Å². The Morgan fingerprint density at radius 1 is 1.25 bits per heavy atom. The highest BCUT2D eigenvalue weighted by Gasteiger charge is 2.07. The second-order valence-corrected chi connectivity index (χ2v) is 3.45. The molecule has 0 bridgehead atoms. The zero-order valence-corrected chi connectivity index (χ0v) is 9.95. The summed E-state index contributed by atoms with van der Waals surface area (Å²) in [6.07, 6.45) is 0. The predicted octanol–water partition coefficient (Wildman–Crippen LogP) is 0.354. The maximum absolute atomic E-state index is 10.8. The Hall–Kier alpha value is -1.10. The highest BCUT2D eigenvalue weighted by molar-refractivity contribution is 5.85. The van der Waals surface area contributed by atoms with Gasteiger partial charge in [0.2, 0.25) is 5.91 Å². The van der Waals surface area contributed by atoms with Crippen LogP contribution in [-0.4, -0.2) is 30.4 Å². The van der Waals surface area contributed by atoms with Crippen molar-refractivity contribution >= 4 is 18.3 Å². The van der Waals surface area contributed by atoms with Crippen LogP contribution in [-0.2, 0) is 11.3 Å². The lowest BCUT2D eigenvalue weighted by Crippen LogP contribution is -2.36. The predicted molar refractivity (Wildman–Crippen MR) is 67.2 cm³/mol. The number of benzene rings is 1. The zero-order chi connectivity index (χ0) is 11.1. The molecule has 0 fully saturated rings. The molecule has 0 unspecified atom stereocenters. The maximum Gasteiger partial charge on any atom is 0.231 e. The number of primary amides is 1. The Morgan fingerprint density at radius 3 is 2.38 bits per heavy atom. The standard InChI is InChI=1S/C11H17N3O.ClH/c12-6-7-14(9-11(13)15)8-10-4-2-1-3-5-10;/h1-5H,6-9,12H2,(H2,13,15);1H. The summed E-state index contributed by atoms with van der Waals surface area (Å²) in [6, 6.07) is 9.94. The van der Waals surface area contributed by atoms with Crippen molar-refractivity contribution in [1.82, 2.24) is 4.90 Å². The van der Waals surface area contributed by atoms with Crippen molar-refractivity contribution in [3.8, 4) is 0 Å². The maximum atomic E-state index is 10.8. The Balaban J connectivity index is 0.00000225. The van der Waals surface area contributed by atoms with E-state index in [0.717, 1.165) is 5.56 Å². The molecule has 90 valence electrons. The highest BCUT2D eigenvalue weighted by Crippen LogP contribution is 2.03. The van der Waals surface area contributed by atoms with E-state index in [1.54, 1.807) is 0 Å². The number of halogens is 1. The normalized spacial score (nSPS) is 9.88. The third kappa shape index (κ3) is 5.70. The summed E-state index contributed by atoms with van der Waals surface area (Å²) < 4.78 is 0. The van der Waals surface area contributed by atoms with E-state index >= 15 is 0 Å². The van der Waals surface area contributed by atoms with E-state index in [1.165, 1.54) is 0 Å². The molecule has 0 heterocycles. The van der Waals surface area contributed by atoms with Gasteiger partial charge in [0.15, 0.2) is 0 Å². The van der Waals surface area contributed by atoms with Gasteiger partial charge in [-0.3, -0.25) is 9.69 Å². The van der Waals surface area contributed by atoms with Gasteiger partial charge in [0.05, 0.1) is 6.54 Å². The van der Waals surface area contributed by atoms with Gasteiger partial charge in [-0.1, -0.05) is 30.3 Å². The molecule has 0 aliphatic carbocycles. The topological polar surface area (TPSA) is 72.3 Å². The van der Waals surface area contributed by atoms with E-state index in [9.17, 15) is 4.79 Å². The number of carbonyl (C=O) groups is 1. The van der Waals surface area contributed by atoms with E-state index in [2.05, 4.69) is 0 Å². The van der Waals surface area contributed by atoms with Gasteiger partial charge in [-0.05, 0) is 5.56 Å². The largest absolute Gasteiger partial charge is 0.369 e. The molecular formula is C11H18ClN3O. The van der Waals surface area contributed by atoms with Gasteiger partial charge in [-0.2, -0.15) is 0 Å². The van der Waals surface area contributed by atoms with Gasteiger partial charge >= 0.3 is 0 Å². The van der Waals surface area contributed by atoms with Gasteiger partial charge in [0.25, 0.3) is 0 Å². The number of rotatable bonds is 6. The molecule has 1 rings (SSSR count). The quantitative estimate of drug-likeness (QED) is 0.758. The number of carbonyl (C=O) groups excluding carboxylic acids is 1. The minimum Gasteiger partial charge on any atom is -0.369 e. The third-order valence-corrected chi connectivity index (χ3v) is 2.07. The van der Waals surface area contributed by atoms with Crippen molar-refractivity contribution in [1.29, 1.82) is 0 Å². The Morgan fingerprint density at radius 2 is 1.88 bits per heavy atom. The van der Waals surface area contributed by atoms with Crippen LogP contribution < -0.4 is 11.5 Å². The van der Waals surface area contributed by atoms with Crippen LogP contribution >= 0.6 is 12.4 Å². The van der Waals surface area contributed by atoms with Crippen molar-refractivity contribution in [3.05, 3.63) is 35.9 Å². The number of amides is 1. The second-order valence-electron chi connectivity index (χ2n) is 3.45. The molecular weight excluding hydrogens is 226 g/mol. The molecule has 0 radical (unpaired) electrons. The smallest absolute Gasteiger partial charge is 0.231 e. The van der Waals surface area contributed by atoms with Crippen molar-refractivity contribution in [2.45, 2.75) is 6.54 Å². The summed E-state index contributed by atoms with van der Waals surface area (Å²) in [5.74, 6) is -0.320. The van der Waals surface area contributed by atoms with Gasteiger partial charge < -0.3 is 11.5 Å². The van der Waals surface area contributed by atoms with Crippen LogP contribution in [0.15, 0.2) is 30.3 Å². The lowest BCUT2D eigenvalue weighted by molar-refractivity contribution is -0.119. The lowest BCUT2D eigenvalue weighted by atomic mass is 10.2. The number of hydrogen-bond acceptors (Lipinski definition) is 3. The number of hydrogen-bond donors (Lipinski definition) is 2. The Labute approximate surface area is 102 Å². The summed E-state index contributed by atoms with van der Waals surface area (Å²) in [5.41, 5.74) is 11.8. The minimum absolute atomic E-state index is 0. The van der Waals surface area contributed by atoms with Crippen LogP contribution in [0.25, 0.3) is 0 Å². The van der Waals surface area contributed by atoms with Crippen LogP contribution in [0.5, 0.6) is 0 Å². The fourth-order valence-corrected chi connectivity index (χ4v) is 1.46. The van der Waals surface area contributed by atoms with Crippen molar-refractivity contribution in [2.24, 2.45) is 11.5 Å². The van der Waals surface area contributed by atoms with Crippen LogP contribution in [0, 0.1) is 0 Å². The Bertz CT molecular complexity index is 305. The minimum atomic E-state index is -0.320. The first-order valence-corrected chi connectivity index (χ1v) is 4.97. The van der Waals surface area contributed by atoms with E-state index in [0.29, 0.717) is 19.6 Å². The van der Waals surface area contributed by atoms with Crippen LogP contribution in [0.2, 0.25) is 0 Å². The van der Waals surface area contributed by atoms with Crippen LogP contribution in [0.3, 0.4) is 0 Å². The monoisotopic (exact) mass is 243 g/mol. The molecule has 1 amide bonds. The molecule has 0 aliphatic heterocycles. The first-order chi connectivity index (χ1) is 7.22. The molecule has 0 saturated heterocycles. The molecule has 0 aliphatic rings. The summed E-state index contributed by atoms with van der Waals surface area (Å²) in [5, 5.41) is 0. The molecule has 16 heavy (non-hydrogen) atoms. The molecule has 4 nitrogen and oxygen atoms in total. The van der Waals surface area contributed by atoms with E-state index in [-0.39, 0.29) is 24.9 Å². The molecule has 0 spiro atoms. The van der Waals surface area contributed by atoms with Gasteiger partial charge in [0, 0.05) is 19.6 Å². The lowest BCUT2D eigenvalue weighted by Gasteiger charge is -2.19. The summed E-state index contributed by atoms with van der Waals surface area (Å²) in [6.45, 7) is 2.17. The Kier molecular flexibility index (Phi) is 7.54. The van der Waals surface area contributed by atoms with Crippen LogP contribution in [0.1, 0.15) is 5.56 Å². The second kappa shape index (κ2) is 8.10. The average molecular weight is 244 g/mol. The fraction of sp³-hybridized carbons (Fsp3) is 0.364. The number of nitrogens with two attached hydrogens (primary N) is 2. The van der Waals surface area contributed by atoms with E-state index < -0.39 is 0 Å². The summed E-state index contributed by atoms with van der Waals surface area (Å²) in [7, 11) is 0. The SMILES string of the molecule is Cl.NCCN(CC(N)=O)Cc1ccccc1. The molecule has 0 atom stereocenters. The van der Waals surface area contributed by atoms with Crippen LogP contribution in [0.4, 0.5) is 0 Å². The zero-order valence-electron chi connectivity index (χ0n) is 9.13.